The van der Waals surface area contributed by atoms with Crippen LogP contribution in [-0.4, -0.2) is 37.0 Å². The van der Waals surface area contributed by atoms with Crippen molar-refractivity contribution in [1.29, 1.82) is 0 Å². The molecule has 4 heteroatoms. The van der Waals surface area contributed by atoms with Crippen LogP contribution in [0.4, 0.5) is 0 Å². The van der Waals surface area contributed by atoms with E-state index in [1.54, 1.807) is 0 Å². The number of carbonyl (C=O) groups is 2. The molecule has 0 fully saturated rings. The van der Waals surface area contributed by atoms with E-state index in [0.717, 1.165) is 37.9 Å². The fourth-order valence-corrected chi connectivity index (χ4v) is 2.67. The normalized spacial score (nSPS) is 14.7. The zero-order chi connectivity index (χ0) is 15.8. The Balaban J connectivity index is 1.79. The first-order valence-electron chi connectivity index (χ1n) is 7.79. The van der Waals surface area contributed by atoms with E-state index >= 15 is 0 Å². The molecule has 1 aromatic carbocycles. The minimum absolute atomic E-state index is 0.0724. The predicted molar refractivity (Wildman–Crippen MR) is 85.3 cm³/mol. The van der Waals surface area contributed by atoms with Gasteiger partial charge in [-0.3, -0.25) is 9.59 Å². The summed E-state index contributed by atoms with van der Waals surface area (Å²) in [5.74, 6) is -0.196. The first-order valence-corrected chi connectivity index (χ1v) is 7.79. The van der Waals surface area contributed by atoms with Crippen LogP contribution < -0.4 is 0 Å². The quantitative estimate of drug-likeness (QED) is 0.728. The molecule has 1 heterocycles. The molecular weight excluding hydrogens is 278 g/mol. The van der Waals surface area contributed by atoms with E-state index < -0.39 is 0 Å². The lowest BCUT2D eigenvalue weighted by atomic mass is 10.0. The standard InChI is InChI=1S/C18H23NO3/c1-22-17(20)12-11-16-10-6-14-19(18(16)21)13-5-9-15-7-3-2-4-8-15/h2-4,7-8,10H,5-6,9,11-14H2,1H3. The number of methoxy groups -OCH3 is 1. The molecule has 1 aliphatic heterocycles. The highest BCUT2D eigenvalue weighted by Gasteiger charge is 2.21. The van der Waals surface area contributed by atoms with Crippen LogP contribution >= 0.6 is 0 Å². The van der Waals surface area contributed by atoms with Gasteiger partial charge in [0.15, 0.2) is 0 Å². The number of ether oxygens (including phenoxy) is 1. The highest BCUT2D eigenvalue weighted by molar-refractivity contribution is 5.94. The zero-order valence-electron chi connectivity index (χ0n) is 13.1. The van der Waals surface area contributed by atoms with Gasteiger partial charge >= 0.3 is 5.97 Å². The minimum atomic E-state index is -0.269. The number of esters is 1. The second-order valence-electron chi connectivity index (χ2n) is 5.48. The third-order valence-electron chi connectivity index (χ3n) is 3.91. The van der Waals surface area contributed by atoms with Gasteiger partial charge in [-0.1, -0.05) is 36.4 Å². The Kier molecular flexibility index (Phi) is 6.19. The summed E-state index contributed by atoms with van der Waals surface area (Å²) in [6, 6.07) is 10.3. The maximum atomic E-state index is 12.4. The van der Waals surface area contributed by atoms with Gasteiger partial charge in [0.25, 0.3) is 0 Å². The van der Waals surface area contributed by atoms with Gasteiger partial charge in [-0.25, -0.2) is 0 Å². The average molecular weight is 301 g/mol. The second-order valence-corrected chi connectivity index (χ2v) is 5.48. The van der Waals surface area contributed by atoms with E-state index in [-0.39, 0.29) is 18.3 Å². The Morgan fingerprint density at radius 2 is 2.00 bits per heavy atom. The maximum Gasteiger partial charge on any atom is 0.305 e. The van der Waals surface area contributed by atoms with Crippen molar-refractivity contribution in [3.63, 3.8) is 0 Å². The predicted octanol–water partition coefficient (Wildman–Crippen LogP) is 2.73. The van der Waals surface area contributed by atoms with Crippen molar-refractivity contribution in [2.75, 3.05) is 20.2 Å². The van der Waals surface area contributed by atoms with Gasteiger partial charge in [0.05, 0.1) is 7.11 Å². The molecular formula is C18H23NO3. The van der Waals surface area contributed by atoms with Gasteiger partial charge in [-0.05, 0) is 31.2 Å². The fourth-order valence-electron chi connectivity index (χ4n) is 2.67. The molecule has 0 unspecified atom stereocenters. The van der Waals surface area contributed by atoms with Crippen molar-refractivity contribution in [2.45, 2.75) is 32.1 Å². The molecule has 0 atom stereocenters. The molecule has 1 aromatic rings. The summed E-state index contributed by atoms with van der Waals surface area (Å²) in [6.45, 7) is 1.54. The number of hydrogen-bond donors (Lipinski definition) is 0. The fraction of sp³-hybridized carbons (Fsp3) is 0.444. The van der Waals surface area contributed by atoms with Crippen LogP contribution in [0, 0.1) is 0 Å². The Morgan fingerprint density at radius 1 is 1.23 bits per heavy atom. The van der Waals surface area contributed by atoms with Gasteiger partial charge in [0.1, 0.15) is 0 Å². The van der Waals surface area contributed by atoms with Crippen molar-refractivity contribution in [1.82, 2.24) is 4.90 Å². The van der Waals surface area contributed by atoms with E-state index in [1.165, 1.54) is 12.7 Å². The van der Waals surface area contributed by atoms with Crippen LogP contribution in [0.15, 0.2) is 42.0 Å². The average Bonchev–Trinajstić information content (AvgIpc) is 2.56. The van der Waals surface area contributed by atoms with Crippen LogP contribution in [0.25, 0.3) is 0 Å². The van der Waals surface area contributed by atoms with Gasteiger partial charge in [-0.2, -0.15) is 0 Å². The molecule has 22 heavy (non-hydrogen) atoms. The Morgan fingerprint density at radius 3 is 2.73 bits per heavy atom. The van der Waals surface area contributed by atoms with Gasteiger partial charge in [-0.15, -0.1) is 0 Å². The lowest BCUT2D eigenvalue weighted by Crippen LogP contribution is -2.36. The summed E-state index contributed by atoms with van der Waals surface area (Å²) < 4.78 is 4.63. The molecule has 1 amide bonds. The number of hydrogen-bond acceptors (Lipinski definition) is 3. The third-order valence-corrected chi connectivity index (χ3v) is 3.91. The zero-order valence-corrected chi connectivity index (χ0v) is 13.1. The van der Waals surface area contributed by atoms with E-state index in [1.807, 2.05) is 29.2 Å². The van der Waals surface area contributed by atoms with Gasteiger partial charge in [0, 0.05) is 25.1 Å². The molecule has 2 rings (SSSR count). The van der Waals surface area contributed by atoms with Crippen LogP contribution in [0.5, 0.6) is 0 Å². The lowest BCUT2D eigenvalue weighted by Gasteiger charge is -2.27. The Bertz CT molecular complexity index is 537. The van der Waals surface area contributed by atoms with Crippen LogP contribution in [0.3, 0.4) is 0 Å². The number of amides is 1. The SMILES string of the molecule is COC(=O)CCC1=CCCN(CCCc2ccccc2)C1=O. The molecule has 0 saturated carbocycles. The number of carbonyl (C=O) groups excluding carboxylic acids is 2. The number of aryl methyl sites for hydroxylation is 1. The van der Waals surface area contributed by atoms with Crippen LogP contribution in [-0.2, 0) is 20.7 Å². The largest absolute Gasteiger partial charge is 0.469 e. The topological polar surface area (TPSA) is 46.6 Å². The highest BCUT2D eigenvalue weighted by Crippen LogP contribution is 2.17. The van der Waals surface area contributed by atoms with Crippen molar-refractivity contribution in [3.8, 4) is 0 Å². The molecule has 118 valence electrons. The minimum Gasteiger partial charge on any atom is -0.469 e. The third kappa shape index (κ3) is 4.72. The summed E-state index contributed by atoms with van der Waals surface area (Å²) in [4.78, 5) is 25.5. The van der Waals surface area contributed by atoms with E-state index in [4.69, 9.17) is 0 Å². The monoisotopic (exact) mass is 301 g/mol. The Labute approximate surface area is 131 Å². The first kappa shape index (κ1) is 16.3. The number of rotatable bonds is 7. The van der Waals surface area contributed by atoms with Crippen LogP contribution in [0.1, 0.15) is 31.2 Å². The smallest absolute Gasteiger partial charge is 0.305 e. The first-order chi connectivity index (χ1) is 10.7. The van der Waals surface area contributed by atoms with Gasteiger partial charge < -0.3 is 9.64 Å². The van der Waals surface area contributed by atoms with Crippen molar-refractivity contribution >= 4 is 11.9 Å². The highest BCUT2D eigenvalue weighted by atomic mass is 16.5. The summed E-state index contributed by atoms with van der Waals surface area (Å²) in [5.41, 5.74) is 2.05. The maximum absolute atomic E-state index is 12.4. The van der Waals surface area contributed by atoms with Crippen LogP contribution in [0.2, 0.25) is 0 Å². The van der Waals surface area contributed by atoms with E-state index in [9.17, 15) is 9.59 Å². The number of nitrogens with zero attached hydrogens (tertiary/aromatic N) is 1. The van der Waals surface area contributed by atoms with Crippen molar-refractivity contribution in [2.24, 2.45) is 0 Å². The molecule has 0 bridgehead atoms. The summed E-state index contributed by atoms with van der Waals surface area (Å²) in [7, 11) is 1.37. The molecule has 1 aliphatic rings. The summed E-state index contributed by atoms with van der Waals surface area (Å²) in [6.07, 6.45) is 5.50. The molecule has 0 N–H and O–H groups in total. The van der Waals surface area contributed by atoms with E-state index in [0.29, 0.717) is 6.42 Å². The summed E-state index contributed by atoms with van der Waals surface area (Å²) in [5, 5.41) is 0. The second kappa shape index (κ2) is 8.37. The van der Waals surface area contributed by atoms with E-state index in [2.05, 4.69) is 16.9 Å². The van der Waals surface area contributed by atoms with Crippen molar-refractivity contribution in [3.05, 3.63) is 47.5 Å². The summed E-state index contributed by atoms with van der Waals surface area (Å²) >= 11 is 0. The lowest BCUT2D eigenvalue weighted by molar-refractivity contribution is -0.140. The van der Waals surface area contributed by atoms with Crippen molar-refractivity contribution < 1.29 is 14.3 Å². The molecule has 4 nitrogen and oxygen atoms in total. The molecule has 0 saturated heterocycles. The molecule has 0 aromatic heterocycles. The molecule has 0 aliphatic carbocycles. The molecule has 0 radical (unpaired) electrons. The number of benzene rings is 1. The van der Waals surface area contributed by atoms with Gasteiger partial charge in [0.2, 0.25) is 5.91 Å². The Hall–Kier alpha value is -2.10. The molecule has 0 spiro atoms.